The Labute approximate surface area is 113 Å². The molecular formula is C15H16ClNO. The first-order valence-corrected chi connectivity index (χ1v) is 6.96. The Morgan fingerprint density at radius 3 is 3.17 bits per heavy atom. The van der Waals surface area contributed by atoms with Crippen molar-refractivity contribution in [3.8, 4) is 11.8 Å². The Hall–Kier alpha value is -1.20. The average Bonchev–Trinajstić information content (AvgIpc) is 2.70. The maximum absolute atomic E-state index is 9.00. The summed E-state index contributed by atoms with van der Waals surface area (Å²) in [6.45, 7) is 0. The Morgan fingerprint density at radius 2 is 2.33 bits per heavy atom. The summed E-state index contributed by atoms with van der Waals surface area (Å²) in [4.78, 5) is 0. The van der Waals surface area contributed by atoms with E-state index >= 15 is 0 Å². The molecule has 94 valence electrons. The summed E-state index contributed by atoms with van der Waals surface area (Å²) >= 11 is 6.04. The number of fused-ring (bicyclic) bond motifs is 1. The second-order valence-corrected chi connectivity index (χ2v) is 5.84. The average molecular weight is 262 g/mol. The van der Waals surface area contributed by atoms with E-state index in [9.17, 15) is 0 Å². The normalized spacial score (nSPS) is 29.7. The summed E-state index contributed by atoms with van der Waals surface area (Å²) in [5, 5.41) is 9.76. The fourth-order valence-corrected chi connectivity index (χ4v) is 3.61. The Morgan fingerprint density at radius 1 is 1.44 bits per heavy atom. The van der Waals surface area contributed by atoms with Crippen LogP contribution in [0.3, 0.4) is 0 Å². The molecule has 0 N–H and O–H groups in total. The highest BCUT2D eigenvalue weighted by Crippen LogP contribution is 2.47. The molecule has 1 aliphatic heterocycles. The lowest BCUT2D eigenvalue weighted by Crippen LogP contribution is -2.44. The van der Waals surface area contributed by atoms with E-state index in [2.05, 4.69) is 6.07 Å². The van der Waals surface area contributed by atoms with E-state index in [1.54, 1.807) is 0 Å². The van der Waals surface area contributed by atoms with Gasteiger partial charge in [-0.25, -0.2) is 0 Å². The molecule has 1 fully saturated rings. The van der Waals surface area contributed by atoms with Crippen molar-refractivity contribution in [3.05, 3.63) is 28.8 Å². The van der Waals surface area contributed by atoms with E-state index in [-0.39, 0.29) is 5.60 Å². The van der Waals surface area contributed by atoms with Crippen molar-refractivity contribution in [1.82, 2.24) is 0 Å². The van der Waals surface area contributed by atoms with E-state index in [0.717, 1.165) is 30.0 Å². The first-order valence-electron chi connectivity index (χ1n) is 6.58. The zero-order chi connectivity index (χ0) is 12.6. The van der Waals surface area contributed by atoms with Gasteiger partial charge in [-0.3, -0.25) is 0 Å². The molecule has 1 aliphatic carbocycles. The zero-order valence-corrected chi connectivity index (χ0v) is 11.0. The lowest BCUT2D eigenvalue weighted by molar-refractivity contribution is -0.00301. The Bertz CT molecular complexity index is 508. The summed E-state index contributed by atoms with van der Waals surface area (Å²) in [7, 11) is 0. The van der Waals surface area contributed by atoms with Crippen LogP contribution in [-0.4, -0.2) is 5.60 Å². The minimum atomic E-state index is -0.138. The topological polar surface area (TPSA) is 33.0 Å². The third-order valence-corrected chi connectivity index (χ3v) is 4.54. The lowest BCUT2D eigenvalue weighted by Gasteiger charge is -2.39. The van der Waals surface area contributed by atoms with Crippen molar-refractivity contribution in [2.75, 3.05) is 0 Å². The molecule has 2 aliphatic rings. The number of rotatable bonds is 1. The Kier molecular flexibility index (Phi) is 2.95. The van der Waals surface area contributed by atoms with Crippen LogP contribution in [0.5, 0.6) is 5.75 Å². The summed E-state index contributed by atoms with van der Waals surface area (Å²) in [5.41, 5.74) is 1.06. The van der Waals surface area contributed by atoms with Gasteiger partial charge in [0.05, 0.1) is 6.07 Å². The summed E-state index contributed by atoms with van der Waals surface area (Å²) < 4.78 is 6.25. The third kappa shape index (κ3) is 1.87. The minimum Gasteiger partial charge on any atom is -0.486 e. The molecule has 1 unspecified atom stereocenters. The van der Waals surface area contributed by atoms with Crippen LogP contribution < -0.4 is 4.74 Å². The van der Waals surface area contributed by atoms with Crippen molar-refractivity contribution < 1.29 is 4.74 Å². The second kappa shape index (κ2) is 4.48. The van der Waals surface area contributed by atoms with Gasteiger partial charge in [-0.05, 0) is 43.0 Å². The Balaban J connectivity index is 1.91. The van der Waals surface area contributed by atoms with Gasteiger partial charge in [0.1, 0.15) is 11.4 Å². The number of ether oxygens (including phenoxy) is 1. The highest BCUT2D eigenvalue weighted by molar-refractivity contribution is 6.30. The van der Waals surface area contributed by atoms with Crippen molar-refractivity contribution in [3.63, 3.8) is 0 Å². The predicted molar refractivity (Wildman–Crippen MR) is 70.7 cm³/mol. The van der Waals surface area contributed by atoms with Crippen molar-refractivity contribution >= 4 is 11.6 Å². The molecule has 0 aromatic heterocycles. The fraction of sp³-hybridized carbons (Fsp3) is 0.533. The van der Waals surface area contributed by atoms with Crippen LogP contribution in [0.15, 0.2) is 18.2 Å². The minimum absolute atomic E-state index is 0.138. The molecule has 18 heavy (non-hydrogen) atoms. The third-order valence-electron chi connectivity index (χ3n) is 4.31. The van der Waals surface area contributed by atoms with Crippen molar-refractivity contribution in [2.24, 2.45) is 5.92 Å². The molecule has 1 aromatic rings. The largest absolute Gasteiger partial charge is 0.486 e. The van der Waals surface area contributed by atoms with E-state index in [4.69, 9.17) is 21.6 Å². The number of nitriles is 1. The van der Waals surface area contributed by atoms with E-state index in [1.165, 1.54) is 18.4 Å². The molecule has 0 saturated heterocycles. The van der Waals surface area contributed by atoms with Gasteiger partial charge in [0.15, 0.2) is 0 Å². The summed E-state index contributed by atoms with van der Waals surface area (Å²) in [6, 6.07) is 8.16. The monoisotopic (exact) mass is 261 g/mol. The number of nitrogens with zero attached hydrogens (tertiary/aromatic N) is 1. The molecular weight excluding hydrogens is 246 g/mol. The molecule has 1 heterocycles. The number of benzene rings is 1. The van der Waals surface area contributed by atoms with Crippen LogP contribution in [-0.2, 0) is 6.42 Å². The fourth-order valence-electron chi connectivity index (χ4n) is 3.41. The summed E-state index contributed by atoms with van der Waals surface area (Å²) in [6.07, 6.45) is 6.09. The van der Waals surface area contributed by atoms with Crippen molar-refractivity contribution in [2.45, 2.75) is 44.1 Å². The molecule has 1 spiro atoms. The first kappa shape index (κ1) is 11.9. The van der Waals surface area contributed by atoms with Gasteiger partial charge in [-0.1, -0.05) is 18.0 Å². The smallest absolute Gasteiger partial charge is 0.123 e. The van der Waals surface area contributed by atoms with Crippen LogP contribution in [0, 0.1) is 17.2 Å². The SMILES string of the molecule is N#CC[C@H]1CCCCC12Cc1cc(Cl)ccc1O2. The van der Waals surface area contributed by atoms with E-state index in [1.807, 2.05) is 18.2 Å². The molecule has 2 atom stereocenters. The molecule has 0 bridgehead atoms. The maximum atomic E-state index is 9.00. The van der Waals surface area contributed by atoms with E-state index in [0.29, 0.717) is 12.3 Å². The molecule has 3 heteroatoms. The van der Waals surface area contributed by atoms with Gasteiger partial charge in [0.25, 0.3) is 0 Å². The first-order chi connectivity index (χ1) is 8.73. The molecule has 3 rings (SSSR count). The lowest BCUT2D eigenvalue weighted by atomic mass is 9.72. The maximum Gasteiger partial charge on any atom is 0.123 e. The standard InChI is InChI=1S/C15H16ClNO/c16-13-4-5-14-11(9-13)10-15(18-14)7-2-1-3-12(15)6-8-17/h4-5,9,12H,1-3,6-7,10H2/t12-,15?/m1/s1. The quantitative estimate of drug-likeness (QED) is 0.762. The van der Waals surface area contributed by atoms with E-state index < -0.39 is 0 Å². The van der Waals surface area contributed by atoms with Gasteiger partial charge in [-0.15, -0.1) is 0 Å². The van der Waals surface area contributed by atoms with Gasteiger partial charge >= 0.3 is 0 Å². The molecule has 2 nitrogen and oxygen atoms in total. The van der Waals surface area contributed by atoms with Crippen LogP contribution in [0.1, 0.15) is 37.7 Å². The predicted octanol–water partition coefficient (Wildman–Crippen LogP) is 4.12. The molecule has 1 saturated carbocycles. The van der Waals surface area contributed by atoms with Gasteiger partial charge in [0.2, 0.25) is 0 Å². The number of hydrogen-bond donors (Lipinski definition) is 0. The highest BCUT2D eigenvalue weighted by atomic mass is 35.5. The van der Waals surface area contributed by atoms with Crippen LogP contribution >= 0.6 is 11.6 Å². The van der Waals surface area contributed by atoms with Crippen LogP contribution in [0.4, 0.5) is 0 Å². The second-order valence-electron chi connectivity index (χ2n) is 5.40. The molecule has 0 amide bonds. The highest BCUT2D eigenvalue weighted by Gasteiger charge is 2.47. The zero-order valence-electron chi connectivity index (χ0n) is 10.3. The number of halogens is 1. The van der Waals surface area contributed by atoms with Crippen LogP contribution in [0.2, 0.25) is 5.02 Å². The van der Waals surface area contributed by atoms with Crippen molar-refractivity contribution in [1.29, 1.82) is 5.26 Å². The van der Waals surface area contributed by atoms with Gasteiger partial charge in [0, 0.05) is 23.8 Å². The van der Waals surface area contributed by atoms with Gasteiger partial charge < -0.3 is 4.74 Å². The molecule has 0 radical (unpaired) electrons. The van der Waals surface area contributed by atoms with Crippen LogP contribution in [0.25, 0.3) is 0 Å². The summed E-state index contributed by atoms with van der Waals surface area (Å²) in [5.74, 6) is 1.33. The molecule has 1 aromatic carbocycles. The number of hydrogen-bond acceptors (Lipinski definition) is 2. The van der Waals surface area contributed by atoms with Gasteiger partial charge in [-0.2, -0.15) is 5.26 Å².